The summed E-state index contributed by atoms with van der Waals surface area (Å²) in [5.41, 5.74) is 1.85. The number of aromatic carboxylic acids is 1. The highest BCUT2D eigenvalue weighted by Crippen LogP contribution is 2.25. The molecular weight excluding hydrogens is 290 g/mol. The van der Waals surface area contributed by atoms with Gasteiger partial charge in [-0.2, -0.15) is 0 Å². The second-order valence-electron chi connectivity index (χ2n) is 4.54. The van der Waals surface area contributed by atoms with Gasteiger partial charge in [0.2, 0.25) is 0 Å². The predicted molar refractivity (Wildman–Crippen MR) is 83.1 cm³/mol. The third kappa shape index (κ3) is 5.65. The van der Waals surface area contributed by atoms with E-state index in [1.54, 1.807) is 13.0 Å². The van der Waals surface area contributed by atoms with E-state index in [1.165, 1.54) is 11.8 Å². The second kappa shape index (κ2) is 9.02. The number of hydrogen-bond acceptors (Lipinski definition) is 5. The molecule has 6 heteroatoms. The largest absolute Gasteiger partial charge is 0.478 e. The molecule has 0 amide bonds. The lowest BCUT2D eigenvalue weighted by molar-refractivity contribution is -0.136. The quantitative estimate of drug-likeness (QED) is 0.557. The Balaban J connectivity index is 2.72. The fourth-order valence-corrected chi connectivity index (χ4v) is 3.11. The number of carbonyl (C=O) groups is 1. The lowest BCUT2D eigenvalue weighted by Gasteiger charge is -2.16. The number of pyridine rings is 1. The van der Waals surface area contributed by atoms with Crippen molar-refractivity contribution in [2.45, 2.75) is 45.4 Å². The molecular formula is C15H23NO4S. The fourth-order valence-electron chi connectivity index (χ4n) is 2.01. The maximum absolute atomic E-state index is 11.4. The summed E-state index contributed by atoms with van der Waals surface area (Å²) in [6.07, 6.45) is 0.451. The molecule has 0 saturated heterocycles. The minimum Gasteiger partial charge on any atom is -0.478 e. The zero-order valence-corrected chi connectivity index (χ0v) is 13.8. The third-order valence-electron chi connectivity index (χ3n) is 2.82. The van der Waals surface area contributed by atoms with Gasteiger partial charge in [-0.15, -0.1) is 11.8 Å². The average Bonchev–Trinajstić information content (AvgIpc) is 2.37. The SMILES string of the molecule is CCOC(CCSc1nc(C)cc(C)c1C(=O)O)OCC. The number of thioether (sulfide) groups is 1. The van der Waals surface area contributed by atoms with Crippen molar-refractivity contribution >= 4 is 17.7 Å². The number of rotatable bonds is 9. The Morgan fingerprint density at radius 1 is 1.33 bits per heavy atom. The van der Waals surface area contributed by atoms with Gasteiger partial charge in [0, 0.05) is 31.1 Å². The summed E-state index contributed by atoms with van der Waals surface area (Å²) in [4.78, 5) is 15.7. The van der Waals surface area contributed by atoms with Crippen molar-refractivity contribution in [3.05, 3.63) is 22.9 Å². The zero-order chi connectivity index (χ0) is 15.8. The van der Waals surface area contributed by atoms with Gasteiger partial charge in [0.25, 0.3) is 0 Å². The van der Waals surface area contributed by atoms with Gasteiger partial charge in [-0.1, -0.05) is 0 Å². The van der Waals surface area contributed by atoms with Gasteiger partial charge in [-0.25, -0.2) is 9.78 Å². The van der Waals surface area contributed by atoms with Crippen LogP contribution >= 0.6 is 11.8 Å². The van der Waals surface area contributed by atoms with E-state index in [-0.39, 0.29) is 11.9 Å². The van der Waals surface area contributed by atoms with Crippen LogP contribution in [-0.2, 0) is 9.47 Å². The van der Waals surface area contributed by atoms with E-state index < -0.39 is 5.97 Å². The maximum atomic E-state index is 11.4. The Morgan fingerprint density at radius 3 is 2.48 bits per heavy atom. The van der Waals surface area contributed by atoms with Crippen LogP contribution in [0.2, 0.25) is 0 Å². The summed E-state index contributed by atoms with van der Waals surface area (Å²) >= 11 is 1.43. The summed E-state index contributed by atoms with van der Waals surface area (Å²) < 4.78 is 10.9. The van der Waals surface area contributed by atoms with Gasteiger partial charge in [-0.05, 0) is 39.3 Å². The molecule has 0 aromatic carbocycles. The van der Waals surface area contributed by atoms with Crippen LogP contribution < -0.4 is 0 Å². The molecule has 5 nitrogen and oxygen atoms in total. The Labute approximate surface area is 130 Å². The molecule has 0 aliphatic heterocycles. The molecule has 21 heavy (non-hydrogen) atoms. The number of ether oxygens (including phenoxy) is 2. The number of nitrogens with zero attached hydrogens (tertiary/aromatic N) is 1. The van der Waals surface area contributed by atoms with E-state index in [0.717, 1.165) is 11.3 Å². The highest BCUT2D eigenvalue weighted by Gasteiger charge is 2.17. The van der Waals surface area contributed by atoms with Gasteiger partial charge in [0.05, 0.1) is 5.56 Å². The minimum atomic E-state index is -0.936. The molecule has 118 valence electrons. The first-order chi connectivity index (χ1) is 9.99. The smallest absolute Gasteiger partial charge is 0.338 e. The molecule has 0 fully saturated rings. The van der Waals surface area contributed by atoms with Crippen LogP contribution in [0, 0.1) is 13.8 Å². The van der Waals surface area contributed by atoms with Crippen LogP contribution in [0.4, 0.5) is 0 Å². The molecule has 0 bridgehead atoms. The Bertz CT molecular complexity index is 473. The van der Waals surface area contributed by atoms with Crippen LogP contribution in [-0.4, -0.2) is 41.3 Å². The van der Waals surface area contributed by atoms with Crippen LogP contribution in [0.3, 0.4) is 0 Å². The molecule has 1 rings (SSSR count). The molecule has 0 saturated carbocycles. The van der Waals surface area contributed by atoms with E-state index in [2.05, 4.69) is 4.98 Å². The highest BCUT2D eigenvalue weighted by molar-refractivity contribution is 7.99. The summed E-state index contributed by atoms with van der Waals surface area (Å²) in [7, 11) is 0. The molecule has 0 aliphatic carbocycles. The van der Waals surface area contributed by atoms with Crippen molar-refractivity contribution in [3.8, 4) is 0 Å². The van der Waals surface area contributed by atoms with E-state index in [1.807, 2.05) is 20.8 Å². The average molecular weight is 313 g/mol. The summed E-state index contributed by atoms with van der Waals surface area (Å²) in [5.74, 6) is -0.241. The van der Waals surface area contributed by atoms with Gasteiger partial charge in [0.15, 0.2) is 6.29 Å². The fraction of sp³-hybridized carbons (Fsp3) is 0.600. The zero-order valence-electron chi connectivity index (χ0n) is 13.0. The normalized spacial score (nSPS) is 11.1. The molecule has 0 spiro atoms. The van der Waals surface area contributed by atoms with Crippen LogP contribution in [0.1, 0.15) is 41.9 Å². The second-order valence-corrected chi connectivity index (χ2v) is 5.63. The maximum Gasteiger partial charge on any atom is 0.338 e. The molecule has 0 atom stereocenters. The summed E-state index contributed by atoms with van der Waals surface area (Å²) in [6.45, 7) is 8.70. The first-order valence-corrected chi connectivity index (χ1v) is 8.05. The van der Waals surface area contributed by atoms with Crippen molar-refractivity contribution in [1.29, 1.82) is 0 Å². The Morgan fingerprint density at radius 2 is 1.95 bits per heavy atom. The highest BCUT2D eigenvalue weighted by atomic mass is 32.2. The van der Waals surface area contributed by atoms with Crippen LogP contribution in [0.5, 0.6) is 0 Å². The molecule has 0 aliphatic rings. The van der Waals surface area contributed by atoms with Crippen LogP contribution in [0.15, 0.2) is 11.1 Å². The van der Waals surface area contributed by atoms with Gasteiger partial charge in [0.1, 0.15) is 5.03 Å². The van der Waals surface area contributed by atoms with E-state index >= 15 is 0 Å². The van der Waals surface area contributed by atoms with E-state index in [0.29, 0.717) is 30.4 Å². The third-order valence-corrected chi connectivity index (χ3v) is 3.83. The predicted octanol–water partition coefficient (Wildman–Crippen LogP) is 3.28. The lowest BCUT2D eigenvalue weighted by Crippen LogP contribution is -2.18. The molecule has 0 unspecified atom stereocenters. The van der Waals surface area contributed by atoms with E-state index in [4.69, 9.17) is 9.47 Å². The first kappa shape index (κ1) is 17.9. The molecule has 1 aromatic rings. The first-order valence-electron chi connectivity index (χ1n) is 7.07. The van der Waals surface area contributed by atoms with Crippen molar-refractivity contribution < 1.29 is 19.4 Å². The minimum absolute atomic E-state index is 0.244. The van der Waals surface area contributed by atoms with Crippen molar-refractivity contribution in [1.82, 2.24) is 4.98 Å². The summed E-state index contributed by atoms with van der Waals surface area (Å²) in [6, 6.07) is 1.79. The van der Waals surface area contributed by atoms with Gasteiger partial charge in [-0.3, -0.25) is 0 Å². The van der Waals surface area contributed by atoms with Crippen molar-refractivity contribution in [2.24, 2.45) is 0 Å². The van der Waals surface area contributed by atoms with Gasteiger partial charge >= 0.3 is 5.97 Å². The molecule has 1 N–H and O–H groups in total. The van der Waals surface area contributed by atoms with Gasteiger partial charge < -0.3 is 14.6 Å². The Hall–Kier alpha value is -1.11. The number of carboxylic acid groups (broad SMARTS) is 1. The number of aromatic nitrogens is 1. The summed E-state index contributed by atoms with van der Waals surface area (Å²) in [5, 5.41) is 9.87. The monoisotopic (exact) mass is 313 g/mol. The number of aryl methyl sites for hydroxylation is 2. The van der Waals surface area contributed by atoms with Crippen LogP contribution in [0.25, 0.3) is 0 Å². The molecule has 0 radical (unpaired) electrons. The van der Waals surface area contributed by atoms with E-state index in [9.17, 15) is 9.90 Å². The molecule has 1 heterocycles. The Kier molecular flexibility index (Phi) is 7.71. The number of hydrogen-bond donors (Lipinski definition) is 1. The molecule has 1 aromatic heterocycles. The van der Waals surface area contributed by atoms with Crippen molar-refractivity contribution in [2.75, 3.05) is 19.0 Å². The topological polar surface area (TPSA) is 68.7 Å². The number of carboxylic acids is 1. The standard InChI is InChI=1S/C15H23NO4S/c1-5-19-12(20-6-2)7-8-21-14-13(15(17)18)10(3)9-11(4)16-14/h9,12H,5-8H2,1-4H3,(H,17,18). The lowest BCUT2D eigenvalue weighted by atomic mass is 10.1. The van der Waals surface area contributed by atoms with Crippen molar-refractivity contribution in [3.63, 3.8) is 0 Å².